The number of fused-ring (bicyclic) bond motifs is 1. The predicted molar refractivity (Wildman–Crippen MR) is 123 cm³/mol. The van der Waals surface area contributed by atoms with Gasteiger partial charge in [0, 0.05) is 23.1 Å². The van der Waals surface area contributed by atoms with Crippen LogP contribution in [0.25, 0.3) is 0 Å². The number of nitrogens with one attached hydrogen (secondary N) is 3. The summed E-state index contributed by atoms with van der Waals surface area (Å²) in [6, 6.07) is 12.5. The van der Waals surface area contributed by atoms with Crippen LogP contribution in [0.15, 0.2) is 58.0 Å². The number of benzene rings is 2. The van der Waals surface area contributed by atoms with Gasteiger partial charge in [-0.3, -0.25) is 25.2 Å². The first-order chi connectivity index (χ1) is 16.3. The number of carbonyl (C=O) groups is 3. The number of hydrazine groups is 1. The molecule has 0 bridgehead atoms. The Bertz CT molecular complexity index is 1290. The molecule has 1 aromatic heterocycles. The van der Waals surface area contributed by atoms with Crippen LogP contribution in [0.1, 0.15) is 66.6 Å². The number of halogens is 1. The zero-order valence-electron chi connectivity index (χ0n) is 18.7. The van der Waals surface area contributed by atoms with Crippen molar-refractivity contribution in [2.24, 2.45) is 5.10 Å². The Morgan fingerprint density at radius 3 is 2.35 bits per heavy atom. The first kappa shape index (κ1) is 22.9. The predicted octanol–water partition coefficient (Wildman–Crippen LogP) is 3.58. The Balaban J connectivity index is 1.48. The van der Waals surface area contributed by atoms with E-state index in [1.807, 2.05) is 6.92 Å². The molecule has 4 rings (SSSR count). The molecule has 0 fully saturated rings. The van der Waals surface area contributed by atoms with Crippen molar-refractivity contribution in [3.05, 3.63) is 93.7 Å². The highest BCUT2D eigenvalue weighted by molar-refractivity contribution is 6.07. The number of furan rings is 1. The molecule has 2 aromatic carbocycles. The number of hydrogen-bond acceptors (Lipinski definition) is 5. The van der Waals surface area contributed by atoms with Gasteiger partial charge in [-0.15, -0.1) is 0 Å². The quantitative estimate of drug-likeness (QED) is 0.515. The number of amides is 3. The van der Waals surface area contributed by atoms with Crippen molar-refractivity contribution < 1.29 is 23.2 Å². The highest BCUT2D eigenvalue weighted by Crippen LogP contribution is 2.29. The molecule has 174 valence electrons. The standard InChI is InChI=1S/C25H23FN4O4/c1-14-10-12-16(13-11-14)23(31)28-30-25(33)22-15(2)21-19(8-5-9-20(21)34-22)27-29-24(32)17-6-3-4-7-18(17)26/h3-4,6-7,10-13H,5,8-9H2,1-2H3,(H,28,31)(H,29,32)(H,30,33)/b27-19+. The third-order valence-corrected chi connectivity index (χ3v) is 5.55. The van der Waals surface area contributed by atoms with Gasteiger partial charge >= 0.3 is 5.91 Å². The zero-order chi connectivity index (χ0) is 24.2. The van der Waals surface area contributed by atoms with Crippen LogP contribution in [0.5, 0.6) is 0 Å². The van der Waals surface area contributed by atoms with Crippen LogP contribution in [0.4, 0.5) is 4.39 Å². The molecule has 0 saturated carbocycles. The molecule has 1 heterocycles. The van der Waals surface area contributed by atoms with E-state index in [1.165, 1.54) is 18.2 Å². The summed E-state index contributed by atoms with van der Waals surface area (Å²) < 4.78 is 19.6. The second-order valence-electron chi connectivity index (χ2n) is 7.96. The van der Waals surface area contributed by atoms with Crippen LogP contribution in [0, 0.1) is 19.7 Å². The van der Waals surface area contributed by atoms with Crippen molar-refractivity contribution in [2.45, 2.75) is 33.1 Å². The summed E-state index contributed by atoms with van der Waals surface area (Å²) in [7, 11) is 0. The SMILES string of the molecule is Cc1ccc(C(=O)NNC(=O)c2oc3c(c2C)/C(=N/NC(=O)c2ccccc2F)CCC3)cc1. The Labute approximate surface area is 195 Å². The van der Waals surface area contributed by atoms with Crippen molar-refractivity contribution >= 4 is 23.4 Å². The van der Waals surface area contributed by atoms with Crippen LogP contribution in [-0.2, 0) is 6.42 Å². The lowest BCUT2D eigenvalue weighted by atomic mass is 9.93. The monoisotopic (exact) mass is 462 g/mol. The number of nitrogens with zero attached hydrogens (tertiary/aromatic N) is 1. The van der Waals surface area contributed by atoms with E-state index in [9.17, 15) is 18.8 Å². The van der Waals surface area contributed by atoms with Gasteiger partial charge in [-0.1, -0.05) is 29.8 Å². The smallest absolute Gasteiger partial charge is 0.305 e. The van der Waals surface area contributed by atoms with E-state index in [0.717, 1.165) is 5.56 Å². The zero-order valence-corrected chi connectivity index (χ0v) is 18.7. The molecule has 0 spiro atoms. The first-order valence-corrected chi connectivity index (χ1v) is 10.8. The maximum atomic E-state index is 13.9. The molecule has 34 heavy (non-hydrogen) atoms. The Morgan fingerprint density at radius 1 is 0.912 bits per heavy atom. The van der Waals surface area contributed by atoms with E-state index in [-0.39, 0.29) is 11.3 Å². The van der Waals surface area contributed by atoms with E-state index in [2.05, 4.69) is 21.4 Å². The Hall–Kier alpha value is -4.27. The fourth-order valence-electron chi connectivity index (χ4n) is 3.77. The number of carbonyl (C=O) groups excluding carboxylic acids is 3. The van der Waals surface area contributed by atoms with Gasteiger partial charge in [0.05, 0.1) is 11.3 Å². The second kappa shape index (κ2) is 9.70. The molecule has 0 aliphatic heterocycles. The lowest BCUT2D eigenvalue weighted by Crippen LogP contribution is -2.41. The van der Waals surface area contributed by atoms with E-state index in [4.69, 9.17) is 4.42 Å². The molecule has 0 radical (unpaired) electrons. The van der Waals surface area contributed by atoms with E-state index < -0.39 is 23.5 Å². The molecular weight excluding hydrogens is 439 g/mol. The number of hydrogen-bond donors (Lipinski definition) is 3. The van der Waals surface area contributed by atoms with Gasteiger partial charge in [-0.05, 0) is 51.0 Å². The maximum absolute atomic E-state index is 13.9. The molecule has 3 amide bonds. The highest BCUT2D eigenvalue weighted by Gasteiger charge is 2.28. The van der Waals surface area contributed by atoms with Crippen molar-refractivity contribution in [3.63, 3.8) is 0 Å². The van der Waals surface area contributed by atoms with Crippen LogP contribution in [0.3, 0.4) is 0 Å². The topological polar surface area (TPSA) is 113 Å². The fourth-order valence-corrected chi connectivity index (χ4v) is 3.77. The largest absolute Gasteiger partial charge is 0.455 e. The Morgan fingerprint density at radius 2 is 1.62 bits per heavy atom. The van der Waals surface area contributed by atoms with E-state index in [0.29, 0.717) is 47.4 Å². The van der Waals surface area contributed by atoms with Gasteiger partial charge in [0.25, 0.3) is 11.8 Å². The van der Waals surface area contributed by atoms with Crippen molar-refractivity contribution in [1.82, 2.24) is 16.3 Å². The summed E-state index contributed by atoms with van der Waals surface area (Å²) in [5.74, 6) is -1.77. The van der Waals surface area contributed by atoms with Crippen LogP contribution >= 0.6 is 0 Å². The molecule has 9 heteroatoms. The maximum Gasteiger partial charge on any atom is 0.305 e. The van der Waals surface area contributed by atoms with Gasteiger partial charge in [0.1, 0.15) is 11.6 Å². The van der Waals surface area contributed by atoms with Gasteiger partial charge in [0.15, 0.2) is 5.76 Å². The summed E-state index contributed by atoms with van der Waals surface area (Å²) in [5.41, 5.74) is 10.1. The third-order valence-electron chi connectivity index (χ3n) is 5.55. The molecule has 0 saturated heterocycles. The van der Waals surface area contributed by atoms with E-state index in [1.54, 1.807) is 37.3 Å². The van der Waals surface area contributed by atoms with Crippen LogP contribution < -0.4 is 16.3 Å². The summed E-state index contributed by atoms with van der Waals surface area (Å²) in [6.07, 6.45) is 1.86. The van der Waals surface area contributed by atoms with Crippen molar-refractivity contribution in [3.8, 4) is 0 Å². The second-order valence-corrected chi connectivity index (χ2v) is 7.96. The lowest BCUT2D eigenvalue weighted by molar-refractivity contribution is 0.0829. The van der Waals surface area contributed by atoms with Crippen LogP contribution in [-0.4, -0.2) is 23.4 Å². The van der Waals surface area contributed by atoms with Gasteiger partial charge < -0.3 is 4.42 Å². The average Bonchev–Trinajstić information content (AvgIpc) is 3.18. The summed E-state index contributed by atoms with van der Waals surface area (Å²) in [6.45, 7) is 3.62. The summed E-state index contributed by atoms with van der Waals surface area (Å²) in [4.78, 5) is 37.3. The molecule has 3 aromatic rings. The van der Waals surface area contributed by atoms with Gasteiger partial charge in [-0.25, -0.2) is 9.82 Å². The summed E-state index contributed by atoms with van der Waals surface area (Å²) in [5, 5.41) is 4.19. The Kier molecular flexibility index (Phi) is 6.53. The van der Waals surface area contributed by atoms with Crippen LogP contribution in [0.2, 0.25) is 0 Å². The molecule has 1 aliphatic rings. The summed E-state index contributed by atoms with van der Waals surface area (Å²) >= 11 is 0. The number of hydrazone groups is 1. The molecule has 0 atom stereocenters. The molecule has 3 N–H and O–H groups in total. The van der Waals surface area contributed by atoms with Crippen molar-refractivity contribution in [2.75, 3.05) is 0 Å². The number of aryl methyl sites for hydroxylation is 2. The normalized spacial score (nSPS) is 13.8. The lowest BCUT2D eigenvalue weighted by Gasteiger charge is -2.13. The van der Waals surface area contributed by atoms with E-state index >= 15 is 0 Å². The van der Waals surface area contributed by atoms with Gasteiger partial charge in [0.2, 0.25) is 0 Å². The third kappa shape index (κ3) is 4.73. The fraction of sp³-hybridized carbons (Fsp3) is 0.200. The minimum Gasteiger partial charge on any atom is -0.455 e. The minimum atomic E-state index is -0.671. The average molecular weight is 462 g/mol. The van der Waals surface area contributed by atoms with Crippen molar-refractivity contribution in [1.29, 1.82) is 0 Å². The van der Waals surface area contributed by atoms with Gasteiger partial charge in [-0.2, -0.15) is 5.10 Å². The molecule has 1 aliphatic carbocycles. The minimum absolute atomic E-state index is 0.0456. The highest BCUT2D eigenvalue weighted by atomic mass is 19.1. The molecular formula is C25H23FN4O4. The first-order valence-electron chi connectivity index (χ1n) is 10.8. The molecule has 0 unspecified atom stereocenters. The molecule has 8 nitrogen and oxygen atoms in total. The number of rotatable bonds is 4.